The molecule has 0 aliphatic carbocycles. The number of nitrogens with one attached hydrogen (secondary N) is 1. The zero-order chi connectivity index (χ0) is 12.4. The SMILES string of the molecule is COCCOCC(O)CNCC(=O)N(C)C. The standard InChI is InChI=1S/C10H22N2O4/c1-12(2)10(14)7-11-6-9(13)8-16-5-4-15-3/h9,11,13H,4-8H2,1-3H3. The minimum Gasteiger partial charge on any atom is -0.389 e. The highest BCUT2D eigenvalue weighted by Gasteiger charge is 2.06. The second-order valence-corrected chi connectivity index (χ2v) is 3.64. The summed E-state index contributed by atoms with van der Waals surface area (Å²) in [5.41, 5.74) is 0. The van der Waals surface area contributed by atoms with Gasteiger partial charge in [0.25, 0.3) is 0 Å². The summed E-state index contributed by atoms with van der Waals surface area (Å²) < 4.78 is 9.92. The average Bonchev–Trinajstić information content (AvgIpc) is 2.24. The molecule has 6 nitrogen and oxygen atoms in total. The van der Waals surface area contributed by atoms with E-state index in [1.54, 1.807) is 21.2 Å². The van der Waals surface area contributed by atoms with Crippen molar-refractivity contribution in [2.75, 3.05) is 54.1 Å². The Morgan fingerprint density at radius 2 is 2.12 bits per heavy atom. The molecule has 0 saturated heterocycles. The number of aliphatic hydroxyl groups is 1. The number of methoxy groups -OCH3 is 1. The Morgan fingerprint density at radius 3 is 2.69 bits per heavy atom. The third-order valence-corrected chi connectivity index (χ3v) is 1.90. The Labute approximate surface area is 96.5 Å². The van der Waals surface area contributed by atoms with E-state index < -0.39 is 6.10 Å². The Kier molecular flexibility index (Phi) is 9.12. The van der Waals surface area contributed by atoms with Gasteiger partial charge in [0.05, 0.1) is 32.5 Å². The lowest BCUT2D eigenvalue weighted by Crippen LogP contribution is -2.38. The molecule has 0 saturated carbocycles. The van der Waals surface area contributed by atoms with Gasteiger partial charge in [-0.2, -0.15) is 0 Å². The van der Waals surface area contributed by atoms with Crippen molar-refractivity contribution in [2.45, 2.75) is 6.10 Å². The van der Waals surface area contributed by atoms with Gasteiger partial charge in [0.15, 0.2) is 0 Å². The molecule has 1 unspecified atom stereocenters. The van der Waals surface area contributed by atoms with Crippen molar-refractivity contribution in [3.63, 3.8) is 0 Å². The van der Waals surface area contributed by atoms with E-state index in [0.29, 0.717) is 19.8 Å². The fraction of sp³-hybridized carbons (Fsp3) is 0.900. The van der Waals surface area contributed by atoms with Gasteiger partial charge >= 0.3 is 0 Å². The molecule has 0 rings (SSSR count). The van der Waals surface area contributed by atoms with Crippen LogP contribution in [0.3, 0.4) is 0 Å². The van der Waals surface area contributed by atoms with Gasteiger partial charge < -0.3 is 24.8 Å². The monoisotopic (exact) mass is 234 g/mol. The molecule has 0 aromatic carbocycles. The first-order valence-electron chi connectivity index (χ1n) is 5.23. The van der Waals surface area contributed by atoms with Gasteiger partial charge in [-0.15, -0.1) is 0 Å². The number of carbonyl (C=O) groups is 1. The molecule has 1 atom stereocenters. The van der Waals surface area contributed by atoms with Crippen LogP contribution >= 0.6 is 0 Å². The molecule has 16 heavy (non-hydrogen) atoms. The average molecular weight is 234 g/mol. The Balaban J connectivity index is 3.36. The second-order valence-electron chi connectivity index (χ2n) is 3.64. The fourth-order valence-corrected chi connectivity index (χ4v) is 0.924. The van der Waals surface area contributed by atoms with Crippen LogP contribution in [0.1, 0.15) is 0 Å². The van der Waals surface area contributed by atoms with Crippen LogP contribution in [0.4, 0.5) is 0 Å². The number of carbonyl (C=O) groups excluding carboxylic acids is 1. The van der Waals surface area contributed by atoms with Crippen LogP contribution in [0.2, 0.25) is 0 Å². The van der Waals surface area contributed by atoms with E-state index in [1.165, 1.54) is 4.90 Å². The first kappa shape index (κ1) is 15.3. The van der Waals surface area contributed by atoms with E-state index in [9.17, 15) is 9.90 Å². The summed E-state index contributed by atoms with van der Waals surface area (Å²) in [6.45, 7) is 1.78. The van der Waals surface area contributed by atoms with Gasteiger partial charge in [-0.05, 0) is 0 Å². The second kappa shape index (κ2) is 9.53. The van der Waals surface area contributed by atoms with E-state index in [-0.39, 0.29) is 19.1 Å². The highest BCUT2D eigenvalue weighted by atomic mass is 16.5. The first-order valence-corrected chi connectivity index (χ1v) is 5.23. The molecular formula is C10H22N2O4. The van der Waals surface area contributed by atoms with Crippen molar-refractivity contribution in [2.24, 2.45) is 0 Å². The van der Waals surface area contributed by atoms with Crippen molar-refractivity contribution in [1.82, 2.24) is 10.2 Å². The number of hydrogen-bond acceptors (Lipinski definition) is 5. The van der Waals surface area contributed by atoms with Crippen molar-refractivity contribution < 1.29 is 19.4 Å². The van der Waals surface area contributed by atoms with Gasteiger partial charge in [0.1, 0.15) is 0 Å². The molecule has 0 aliphatic rings. The van der Waals surface area contributed by atoms with Gasteiger partial charge in [0.2, 0.25) is 5.91 Å². The van der Waals surface area contributed by atoms with Crippen LogP contribution in [-0.4, -0.2) is 76.1 Å². The maximum Gasteiger partial charge on any atom is 0.236 e. The van der Waals surface area contributed by atoms with E-state index in [1.807, 2.05) is 0 Å². The zero-order valence-electron chi connectivity index (χ0n) is 10.2. The van der Waals surface area contributed by atoms with Crippen LogP contribution in [0.15, 0.2) is 0 Å². The maximum absolute atomic E-state index is 11.2. The number of ether oxygens (including phenoxy) is 2. The molecule has 0 radical (unpaired) electrons. The van der Waals surface area contributed by atoms with Crippen molar-refractivity contribution in [3.8, 4) is 0 Å². The summed E-state index contributed by atoms with van der Waals surface area (Å²) >= 11 is 0. The van der Waals surface area contributed by atoms with Gasteiger partial charge in [-0.3, -0.25) is 4.79 Å². The Hall–Kier alpha value is -0.690. The Morgan fingerprint density at radius 1 is 1.44 bits per heavy atom. The minimum absolute atomic E-state index is 0.0208. The molecule has 0 aromatic rings. The lowest BCUT2D eigenvalue weighted by atomic mass is 10.3. The van der Waals surface area contributed by atoms with E-state index in [4.69, 9.17) is 9.47 Å². The molecule has 0 bridgehead atoms. The molecule has 2 N–H and O–H groups in total. The van der Waals surface area contributed by atoms with Crippen molar-refractivity contribution >= 4 is 5.91 Å². The number of hydrogen-bond donors (Lipinski definition) is 2. The predicted molar refractivity (Wildman–Crippen MR) is 60.3 cm³/mol. The van der Waals surface area contributed by atoms with Crippen LogP contribution in [-0.2, 0) is 14.3 Å². The number of amides is 1. The summed E-state index contributed by atoms with van der Waals surface area (Å²) in [6.07, 6.45) is -0.605. The smallest absolute Gasteiger partial charge is 0.236 e. The molecule has 0 spiro atoms. The van der Waals surface area contributed by atoms with Gasteiger partial charge in [-0.25, -0.2) is 0 Å². The van der Waals surface area contributed by atoms with Crippen LogP contribution < -0.4 is 5.32 Å². The summed E-state index contributed by atoms with van der Waals surface area (Å²) in [7, 11) is 4.97. The summed E-state index contributed by atoms with van der Waals surface area (Å²) in [5.74, 6) is -0.0208. The Bertz CT molecular complexity index is 188. The van der Waals surface area contributed by atoms with Crippen LogP contribution in [0.5, 0.6) is 0 Å². The summed E-state index contributed by atoms with van der Waals surface area (Å²) in [4.78, 5) is 12.7. The van der Waals surface area contributed by atoms with E-state index in [2.05, 4.69) is 5.32 Å². The minimum atomic E-state index is -0.605. The molecule has 0 fully saturated rings. The van der Waals surface area contributed by atoms with E-state index in [0.717, 1.165) is 0 Å². The molecule has 96 valence electrons. The zero-order valence-corrected chi connectivity index (χ0v) is 10.2. The number of rotatable bonds is 9. The third kappa shape index (κ3) is 8.60. The molecule has 1 amide bonds. The lowest BCUT2D eigenvalue weighted by molar-refractivity contribution is -0.127. The normalized spacial score (nSPS) is 12.5. The molecule has 6 heteroatoms. The van der Waals surface area contributed by atoms with Gasteiger partial charge in [0, 0.05) is 27.7 Å². The van der Waals surface area contributed by atoms with Crippen molar-refractivity contribution in [3.05, 3.63) is 0 Å². The number of aliphatic hydroxyl groups excluding tert-OH is 1. The largest absolute Gasteiger partial charge is 0.389 e. The maximum atomic E-state index is 11.2. The summed E-state index contributed by atoms with van der Waals surface area (Å²) in [6, 6.07) is 0. The van der Waals surface area contributed by atoms with Crippen LogP contribution in [0, 0.1) is 0 Å². The third-order valence-electron chi connectivity index (χ3n) is 1.90. The highest BCUT2D eigenvalue weighted by Crippen LogP contribution is 1.85. The van der Waals surface area contributed by atoms with Crippen molar-refractivity contribution in [1.29, 1.82) is 0 Å². The number of nitrogens with zero attached hydrogens (tertiary/aromatic N) is 1. The topological polar surface area (TPSA) is 71.0 Å². The van der Waals surface area contributed by atoms with Crippen LogP contribution in [0.25, 0.3) is 0 Å². The highest BCUT2D eigenvalue weighted by molar-refractivity contribution is 5.77. The first-order chi connectivity index (χ1) is 7.57. The predicted octanol–water partition coefficient (Wildman–Crippen LogP) is -1.31. The molecule has 0 heterocycles. The van der Waals surface area contributed by atoms with Gasteiger partial charge in [-0.1, -0.05) is 0 Å². The quantitative estimate of drug-likeness (QED) is 0.485. The number of likely N-dealkylation sites (N-methyl/N-ethyl adjacent to an activating group) is 1. The molecule has 0 aliphatic heterocycles. The fourth-order valence-electron chi connectivity index (χ4n) is 0.924. The molecule has 0 aromatic heterocycles. The molecular weight excluding hydrogens is 212 g/mol. The van der Waals surface area contributed by atoms with E-state index >= 15 is 0 Å². The summed E-state index contributed by atoms with van der Waals surface area (Å²) in [5, 5.41) is 12.3. The lowest BCUT2D eigenvalue weighted by Gasteiger charge is -2.14.